The third-order valence-electron chi connectivity index (χ3n) is 5.35. The van der Waals surface area contributed by atoms with Gasteiger partial charge in [0.05, 0.1) is 32.6 Å². The number of morpholine rings is 1. The van der Waals surface area contributed by atoms with E-state index in [-0.39, 0.29) is 5.91 Å². The Balaban J connectivity index is 1.35. The molecule has 3 aromatic carbocycles. The van der Waals surface area contributed by atoms with E-state index in [0.717, 1.165) is 24.2 Å². The zero-order valence-corrected chi connectivity index (χ0v) is 18.8. The highest BCUT2D eigenvalue weighted by molar-refractivity contribution is 5.84. The van der Waals surface area contributed by atoms with Gasteiger partial charge in [0.15, 0.2) is 11.5 Å². The number of ether oxygens (including phenoxy) is 3. The van der Waals surface area contributed by atoms with Crippen molar-refractivity contribution < 1.29 is 19.0 Å². The first-order valence-electron chi connectivity index (χ1n) is 11.2. The van der Waals surface area contributed by atoms with E-state index in [9.17, 15) is 4.79 Å². The van der Waals surface area contributed by atoms with Crippen molar-refractivity contribution in [3.63, 3.8) is 0 Å². The number of fused-ring (bicyclic) bond motifs is 1. The van der Waals surface area contributed by atoms with E-state index in [1.807, 2.05) is 42.2 Å². The maximum Gasteiger partial charge on any atom is 0.254 e. The van der Waals surface area contributed by atoms with Gasteiger partial charge < -0.3 is 14.2 Å². The second-order valence-corrected chi connectivity index (χ2v) is 7.79. The highest BCUT2D eigenvalue weighted by Crippen LogP contribution is 2.29. The van der Waals surface area contributed by atoms with Crippen LogP contribution in [0.5, 0.6) is 11.5 Å². The van der Waals surface area contributed by atoms with Gasteiger partial charge in [-0.25, -0.2) is 5.43 Å². The van der Waals surface area contributed by atoms with Crippen molar-refractivity contribution in [3.8, 4) is 11.5 Å². The van der Waals surface area contributed by atoms with Gasteiger partial charge >= 0.3 is 0 Å². The molecule has 0 unspecified atom stereocenters. The normalized spacial score (nSPS) is 14.5. The Labute approximate surface area is 193 Å². The van der Waals surface area contributed by atoms with Gasteiger partial charge in [-0.3, -0.25) is 9.69 Å². The zero-order valence-electron chi connectivity index (χ0n) is 18.8. The van der Waals surface area contributed by atoms with Crippen molar-refractivity contribution in [1.29, 1.82) is 0 Å². The Bertz CT molecular complexity index is 1110. The topological polar surface area (TPSA) is 72.4 Å². The van der Waals surface area contributed by atoms with Gasteiger partial charge in [-0.2, -0.15) is 5.10 Å². The quantitative estimate of drug-likeness (QED) is 0.401. The van der Waals surface area contributed by atoms with Crippen molar-refractivity contribution in [2.75, 3.05) is 39.5 Å². The predicted octanol–water partition coefficient (Wildman–Crippen LogP) is 3.60. The third kappa shape index (κ3) is 6.54. The van der Waals surface area contributed by atoms with Crippen LogP contribution in [0.1, 0.15) is 18.1 Å². The fourth-order valence-electron chi connectivity index (χ4n) is 3.66. The number of hydrazone groups is 1. The number of amides is 1. The minimum Gasteiger partial charge on any atom is -0.490 e. The lowest BCUT2D eigenvalue weighted by molar-refractivity contribution is -0.123. The van der Waals surface area contributed by atoms with Crippen molar-refractivity contribution in [2.24, 2.45) is 5.10 Å². The average molecular weight is 448 g/mol. The summed E-state index contributed by atoms with van der Waals surface area (Å²) >= 11 is 0. The van der Waals surface area contributed by atoms with Gasteiger partial charge in [0, 0.05) is 13.1 Å². The lowest BCUT2D eigenvalue weighted by Crippen LogP contribution is -2.42. The largest absolute Gasteiger partial charge is 0.490 e. The van der Waals surface area contributed by atoms with E-state index < -0.39 is 0 Å². The Kier molecular flexibility index (Phi) is 7.90. The van der Waals surface area contributed by atoms with E-state index in [1.54, 1.807) is 6.21 Å². The lowest BCUT2D eigenvalue weighted by atomic mass is 10.1. The third-order valence-corrected chi connectivity index (χ3v) is 5.35. The van der Waals surface area contributed by atoms with Crippen molar-refractivity contribution in [1.82, 2.24) is 10.3 Å². The monoisotopic (exact) mass is 447 g/mol. The first-order chi connectivity index (χ1) is 16.2. The number of benzene rings is 3. The summed E-state index contributed by atoms with van der Waals surface area (Å²) in [5.74, 6) is 1.16. The van der Waals surface area contributed by atoms with Crippen LogP contribution < -0.4 is 14.9 Å². The van der Waals surface area contributed by atoms with E-state index in [2.05, 4.69) is 40.9 Å². The Morgan fingerprint density at radius 3 is 2.67 bits per heavy atom. The second kappa shape index (κ2) is 11.4. The minimum absolute atomic E-state index is 0.145. The summed E-state index contributed by atoms with van der Waals surface area (Å²) in [6, 6.07) is 20.2. The second-order valence-electron chi connectivity index (χ2n) is 7.79. The molecule has 0 spiro atoms. The Hall–Kier alpha value is -3.42. The standard InChI is InChI=1S/C26H29N3O4/c1-2-32-25-16-20(17-27-28-26(30)18-29-11-13-31-14-12-29)8-10-24(25)33-19-21-7-9-22-5-3-4-6-23(22)15-21/h3-10,15-17H,2,11-14,18-19H2,1H3,(H,28,30). The van der Waals surface area contributed by atoms with Crippen LogP contribution in [0.2, 0.25) is 0 Å². The molecule has 1 aliphatic heterocycles. The van der Waals surface area contributed by atoms with Crippen LogP contribution in [-0.2, 0) is 16.1 Å². The molecule has 1 fully saturated rings. The van der Waals surface area contributed by atoms with E-state index in [4.69, 9.17) is 14.2 Å². The van der Waals surface area contributed by atoms with Crippen LogP contribution in [0.15, 0.2) is 65.8 Å². The molecule has 0 bridgehead atoms. The number of hydrogen-bond donors (Lipinski definition) is 1. The van der Waals surface area contributed by atoms with Crippen molar-refractivity contribution in [3.05, 3.63) is 71.8 Å². The number of carbonyl (C=O) groups is 1. The van der Waals surface area contributed by atoms with Crippen LogP contribution in [0.3, 0.4) is 0 Å². The van der Waals surface area contributed by atoms with Gasteiger partial charge in [-0.05, 0) is 53.1 Å². The molecule has 1 aliphatic rings. The molecular formula is C26H29N3O4. The first kappa shape index (κ1) is 22.8. The summed E-state index contributed by atoms with van der Waals surface area (Å²) in [4.78, 5) is 14.1. The molecule has 33 heavy (non-hydrogen) atoms. The zero-order chi connectivity index (χ0) is 22.9. The number of rotatable bonds is 9. The van der Waals surface area contributed by atoms with E-state index >= 15 is 0 Å². The molecule has 0 atom stereocenters. The molecule has 0 aromatic heterocycles. The molecule has 0 aliphatic carbocycles. The van der Waals surface area contributed by atoms with Gasteiger partial charge in [0.2, 0.25) is 0 Å². The minimum atomic E-state index is -0.145. The molecule has 7 heteroatoms. The van der Waals surface area contributed by atoms with Crippen LogP contribution in [0.25, 0.3) is 10.8 Å². The molecule has 7 nitrogen and oxygen atoms in total. The molecule has 0 saturated carbocycles. The van der Waals surface area contributed by atoms with Gasteiger partial charge in [0.25, 0.3) is 5.91 Å². The molecular weight excluding hydrogens is 418 g/mol. The summed E-state index contributed by atoms with van der Waals surface area (Å²) in [7, 11) is 0. The predicted molar refractivity (Wildman–Crippen MR) is 129 cm³/mol. The lowest BCUT2D eigenvalue weighted by Gasteiger charge is -2.25. The molecule has 1 saturated heterocycles. The van der Waals surface area contributed by atoms with E-state index in [1.165, 1.54) is 10.8 Å². The van der Waals surface area contributed by atoms with Crippen molar-refractivity contribution >= 4 is 22.9 Å². The SMILES string of the molecule is CCOc1cc(C=NNC(=O)CN2CCOCC2)ccc1OCc1ccc2ccccc2c1. The number of nitrogens with zero attached hydrogens (tertiary/aromatic N) is 2. The summed E-state index contributed by atoms with van der Waals surface area (Å²) in [5.41, 5.74) is 4.48. The Morgan fingerprint density at radius 2 is 1.85 bits per heavy atom. The van der Waals surface area contributed by atoms with Gasteiger partial charge in [0.1, 0.15) is 6.61 Å². The van der Waals surface area contributed by atoms with Gasteiger partial charge in [-0.15, -0.1) is 0 Å². The molecule has 1 amide bonds. The van der Waals surface area contributed by atoms with E-state index in [0.29, 0.717) is 44.5 Å². The molecule has 172 valence electrons. The summed E-state index contributed by atoms with van der Waals surface area (Å²) in [6.07, 6.45) is 1.60. The number of carbonyl (C=O) groups excluding carboxylic acids is 1. The smallest absolute Gasteiger partial charge is 0.254 e. The van der Waals surface area contributed by atoms with Crippen LogP contribution in [-0.4, -0.2) is 56.5 Å². The summed E-state index contributed by atoms with van der Waals surface area (Å²) in [5, 5.41) is 6.47. The summed E-state index contributed by atoms with van der Waals surface area (Å²) in [6.45, 7) is 6.04. The van der Waals surface area contributed by atoms with Crippen LogP contribution in [0.4, 0.5) is 0 Å². The fraction of sp³-hybridized carbons (Fsp3) is 0.308. The average Bonchev–Trinajstić information content (AvgIpc) is 2.84. The van der Waals surface area contributed by atoms with Crippen molar-refractivity contribution in [2.45, 2.75) is 13.5 Å². The Morgan fingerprint density at radius 1 is 1.03 bits per heavy atom. The number of hydrogen-bond acceptors (Lipinski definition) is 6. The summed E-state index contributed by atoms with van der Waals surface area (Å²) < 4.78 is 17.1. The highest BCUT2D eigenvalue weighted by Gasteiger charge is 2.13. The van der Waals surface area contributed by atoms with Crippen LogP contribution >= 0.6 is 0 Å². The first-order valence-corrected chi connectivity index (χ1v) is 11.2. The fourth-order valence-corrected chi connectivity index (χ4v) is 3.66. The number of nitrogens with one attached hydrogen (secondary N) is 1. The molecule has 3 aromatic rings. The highest BCUT2D eigenvalue weighted by atomic mass is 16.5. The maximum atomic E-state index is 12.1. The van der Waals surface area contributed by atoms with Gasteiger partial charge in [-0.1, -0.05) is 36.4 Å². The molecule has 1 heterocycles. The molecule has 4 rings (SSSR count). The van der Waals surface area contributed by atoms with Crippen LogP contribution in [0, 0.1) is 0 Å². The maximum absolute atomic E-state index is 12.1. The molecule has 1 N–H and O–H groups in total. The molecule has 0 radical (unpaired) electrons.